The van der Waals surface area contributed by atoms with E-state index in [1.54, 1.807) is 11.3 Å². The molecule has 100 valence electrons. The number of rotatable bonds is 6. The molecule has 1 atom stereocenters. The second-order valence-corrected chi connectivity index (χ2v) is 4.86. The average Bonchev–Trinajstić information content (AvgIpc) is 2.81. The molecule has 0 aliphatic heterocycles. The van der Waals surface area contributed by atoms with Gasteiger partial charge in [-0.05, 0) is 41.6 Å². The SMILES string of the molecule is CNCCOCC(O)c1ccc2sccc2c1.Cl. The Kier molecular flexibility index (Phi) is 6.60. The van der Waals surface area contributed by atoms with Gasteiger partial charge in [0.1, 0.15) is 6.10 Å². The maximum absolute atomic E-state index is 9.97. The molecule has 2 aromatic rings. The number of benzene rings is 1. The Labute approximate surface area is 117 Å². The van der Waals surface area contributed by atoms with E-state index in [9.17, 15) is 5.11 Å². The first-order chi connectivity index (χ1) is 8.31. The number of aliphatic hydroxyl groups is 1. The molecule has 5 heteroatoms. The Morgan fingerprint density at radius 3 is 3.00 bits per heavy atom. The largest absolute Gasteiger partial charge is 0.386 e. The van der Waals surface area contributed by atoms with Gasteiger partial charge in [-0.3, -0.25) is 0 Å². The van der Waals surface area contributed by atoms with Crippen molar-refractivity contribution in [3.05, 3.63) is 35.2 Å². The van der Waals surface area contributed by atoms with Gasteiger partial charge in [-0.2, -0.15) is 0 Å². The fraction of sp³-hybridized carbons (Fsp3) is 0.385. The number of hydrogen-bond donors (Lipinski definition) is 2. The van der Waals surface area contributed by atoms with Crippen LogP contribution in [0.15, 0.2) is 29.6 Å². The molecule has 0 saturated heterocycles. The molecule has 0 saturated carbocycles. The molecule has 0 amide bonds. The number of halogens is 1. The van der Waals surface area contributed by atoms with Crippen LogP contribution in [0.3, 0.4) is 0 Å². The Hall–Kier alpha value is -0.650. The minimum absolute atomic E-state index is 0. The lowest BCUT2D eigenvalue weighted by Crippen LogP contribution is -2.16. The van der Waals surface area contributed by atoms with Crippen molar-refractivity contribution >= 4 is 33.8 Å². The lowest BCUT2D eigenvalue weighted by atomic mass is 10.1. The minimum atomic E-state index is -0.545. The van der Waals surface area contributed by atoms with Crippen LogP contribution in [0.2, 0.25) is 0 Å². The van der Waals surface area contributed by atoms with Gasteiger partial charge in [0.05, 0.1) is 13.2 Å². The Morgan fingerprint density at radius 1 is 1.39 bits per heavy atom. The van der Waals surface area contributed by atoms with Crippen molar-refractivity contribution in [1.29, 1.82) is 0 Å². The van der Waals surface area contributed by atoms with Crippen LogP contribution in [0.4, 0.5) is 0 Å². The number of ether oxygens (including phenoxy) is 1. The first-order valence-electron chi connectivity index (χ1n) is 5.69. The third kappa shape index (κ3) is 3.93. The predicted octanol–water partition coefficient (Wildman–Crippen LogP) is 2.59. The summed E-state index contributed by atoms with van der Waals surface area (Å²) in [5.74, 6) is 0. The molecule has 0 radical (unpaired) electrons. The molecule has 0 bridgehead atoms. The highest BCUT2D eigenvalue weighted by Gasteiger charge is 2.08. The standard InChI is InChI=1S/C13H17NO2S.ClH/c1-14-5-6-16-9-12(15)10-2-3-13-11(8-10)4-7-17-13;/h2-4,7-8,12,14-15H,5-6,9H2,1H3;1H. The summed E-state index contributed by atoms with van der Waals surface area (Å²) in [6.45, 7) is 1.77. The maximum Gasteiger partial charge on any atom is 0.102 e. The van der Waals surface area contributed by atoms with Gasteiger partial charge in [-0.15, -0.1) is 23.7 Å². The predicted molar refractivity (Wildman–Crippen MR) is 78.8 cm³/mol. The summed E-state index contributed by atoms with van der Waals surface area (Å²) in [4.78, 5) is 0. The molecule has 1 heterocycles. The first-order valence-corrected chi connectivity index (χ1v) is 6.57. The summed E-state index contributed by atoms with van der Waals surface area (Å²) in [7, 11) is 1.88. The summed E-state index contributed by atoms with van der Waals surface area (Å²) >= 11 is 1.71. The molecule has 0 spiro atoms. The Morgan fingerprint density at radius 2 is 2.22 bits per heavy atom. The van der Waals surface area contributed by atoms with Crippen molar-refractivity contribution in [2.75, 3.05) is 26.8 Å². The molecule has 0 fully saturated rings. The fourth-order valence-corrected chi connectivity index (χ4v) is 2.43. The van der Waals surface area contributed by atoms with Crippen LogP contribution in [0.25, 0.3) is 10.1 Å². The molecule has 0 aliphatic carbocycles. The lowest BCUT2D eigenvalue weighted by Gasteiger charge is -2.11. The number of hydrogen-bond acceptors (Lipinski definition) is 4. The highest BCUT2D eigenvalue weighted by Crippen LogP contribution is 2.24. The first kappa shape index (κ1) is 15.4. The highest BCUT2D eigenvalue weighted by molar-refractivity contribution is 7.17. The number of aliphatic hydroxyl groups excluding tert-OH is 1. The monoisotopic (exact) mass is 287 g/mol. The smallest absolute Gasteiger partial charge is 0.102 e. The van der Waals surface area contributed by atoms with Gasteiger partial charge in [0.2, 0.25) is 0 Å². The highest BCUT2D eigenvalue weighted by atomic mass is 35.5. The zero-order valence-corrected chi connectivity index (χ0v) is 11.9. The number of fused-ring (bicyclic) bond motifs is 1. The van der Waals surface area contributed by atoms with E-state index in [-0.39, 0.29) is 12.4 Å². The van der Waals surface area contributed by atoms with Gasteiger partial charge in [-0.25, -0.2) is 0 Å². The summed E-state index contributed by atoms with van der Waals surface area (Å²) in [5.41, 5.74) is 0.917. The van der Waals surface area contributed by atoms with Crippen molar-refractivity contribution in [3.8, 4) is 0 Å². The molecule has 2 rings (SSSR count). The topological polar surface area (TPSA) is 41.5 Å². The summed E-state index contributed by atoms with van der Waals surface area (Å²) in [5, 5.41) is 16.2. The third-order valence-corrected chi connectivity index (χ3v) is 3.53. The number of thiophene rings is 1. The molecule has 1 aromatic heterocycles. The van der Waals surface area contributed by atoms with Crippen LogP contribution in [0, 0.1) is 0 Å². The van der Waals surface area contributed by atoms with E-state index < -0.39 is 6.10 Å². The molecular weight excluding hydrogens is 270 g/mol. The zero-order chi connectivity index (χ0) is 12.1. The second-order valence-electron chi connectivity index (χ2n) is 3.91. The van der Waals surface area contributed by atoms with Crippen molar-refractivity contribution in [2.45, 2.75) is 6.10 Å². The Balaban J connectivity index is 0.00000162. The van der Waals surface area contributed by atoms with E-state index in [0.717, 1.165) is 12.1 Å². The molecule has 3 nitrogen and oxygen atoms in total. The number of likely N-dealkylation sites (N-methyl/N-ethyl adjacent to an activating group) is 1. The quantitative estimate of drug-likeness (QED) is 0.803. The van der Waals surface area contributed by atoms with E-state index in [1.165, 1.54) is 10.1 Å². The summed E-state index contributed by atoms with van der Waals surface area (Å²) in [6, 6.07) is 8.10. The van der Waals surface area contributed by atoms with E-state index >= 15 is 0 Å². The maximum atomic E-state index is 9.97. The van der Waals surface area contributed by atoms with Gasteiger partial charge in [0.15, 0.2) is 0 Å². The minimum Gasteiger partial charge on any atom is -0.386 e. The third-order valence-electron chi connectivity index (χ3n) is 2.63. The van der Waals surface area contributed by atoms with Crippen LogP contribution >= 0.6 is 23.7 Å². The van der Waals surface area contributed by atoms with E-state index in [0.29, 0.717) is 13.2 Å². The van der Waals surface area contributed by atoms with Crippen molar-refractivity contribution < 1.29 is 9.84 Å². The van der Waals surface area contributed by atoms with Gasteiger partial charge >= 0.3 is 0 Å². The van der Waals surface area contributed by atoms with Crippen molar-refractivity contribution in [3.63, 3.8) is 0 Å². The van der Waals surface area contributed by atoms with Crippen LogP contribution < -0.4 is 5.32 Å². The van der Waals surface area contributed by atoms with Crippen LogP contribution in [0.5, 0.6) is 0 Å². The van der Waals surface area contributed by atoms with Crippen molar-refractivity contribution in [1.82, 2.24) is 5.32 Å². The Bertz CT molecular complexity index is 475. The van der Waals surface area contributed by atoms with E-state index in [1.807, 2.05) is 25.2 Å². The molecule has 1 unspecified atom stereocenters. The van der Waals surface area contributed by atoms with Gasteiger partial charge < -0.3 is 15.2 Å². The molecule has 1 aromatic carbocycles. The van der Waals surface area contributed by atoms with E-state index in [4.69, 9.17) is 4.74 Å². The summed E-state index contributed by atoms with van der Waals surface area (Å²) in [6.07, 6.45) is -0.545. The van der Waals surface area contributed by atoms with Gasteiger partial charge in [0.25, 0.3) is 0 Å². The summed E-state index contributed by atoms with van der Waals surface area (Å²) < 4.78 is 6.62. The van der Waals surface area contributed by atoms with Crippen LogP contribution in [-0.2, 0) is 4.74 Å². The van der Waals surface area contributed by atoms with Crippen molar-refractivity contribution in [2.24, 2.45) is 0 Å². The molecule has 18 heavy (non-hydrogen) atoms. The van der Waals surface area contributed by atoms with Crippen LogP contribution in [0.1, 0.15) is 11.7 Å². The molecular formula is C13H18ClNO2S. The van der Waals surface area contributed by atoms with Crippen LogP contribution in [-0.4, -0.2) is 31.9 Å². The van der Waals surface area contributed by atoms with E-state index in [2.05, 4.69) is 16.8 Å². The molecule has 2 N–H and O–H groups in total. The van der Waals surface area contributed by atoms with Gasteiger partial charge in [-0.1, -0.05) is 6.07 Å². The lowest BCUT2D eigenvalue weighted by molar-refractivity contribution is 0.0379. The second kappa shape index (κ2) is 7.71. The molecule has 0 aliphatic rings. The zero-order valence-electron chi connectivity index (χ0n) is 10.3. The van der Waals surface area contributed by atoms with Gasteiger partial charge in [0, 0.05) is 11.2 Å². The average molecular weight is 288 g/mol. The number of nitrogens with one attached hydrogen (secondary N) is 1. The normalized spacial score (nSPS) is 12.3. The fourth-order valence-electron chi connectivity index (χ4n) is 1.66.